The van der Waals surface area contributed by atoms with E-state index in [0.29, 0.717) is 30.2 Å². The van der Waals surface area contributed by atoms with Gasteiger partial charge in [-0.3, -0.25) is 4.79 Å². The molecule has 3 aromatic heterocycles. The second kappa shape index (κ2) is 7.49. The van der Waals surface area contributed by atoms with Gasteiger partial charge in [-0.15, -0.1) is 21.5 Å². The topological polar surface area (TPSA) is 119 Å². The molecule has 4 rings (SSSR count). The van der Waals surface area contributed by atoms with Crippen LogP contribution >= 0.6 is 11.3 Å². The van der Waals surface area contributed by atoms with Gasteiger partial charge in [0.15, 0.2) is 0 Å². The fraction of sp³-hybridized carbons (Fsp3) is 0.353. The second-order valence-electron chi connectivity index (χ2n) is 6.40. The van der Waals surface area contributed by atoms with Crippen molar-refractivity contribution in [2.24, 2.45) is 0 Å². The first kappa shape index (κ1) is 18.8. The Balaban J connectivity index is 1.47. The highest BCUT2D eigenvalue weighted by Gasteiger charge is 2.26. The molecule has 0 unspecified atom stereocenters. The number of rotatable bonds is 6. The predicted molar refractivity (Wildman–Crippen MR) is 100 cm³/mol. The van der Waals surface area contributed by atoms with E-state index in [1.165, 1.54) is 6.07 Å². The highest BCUT2D eigenvalue weighted by Crippen LogP contribution is 2.28. The van der Waals surface area contributed by atoms with Crippen LogP contribution in [0.15, 0.2) is 36.6 Å². The molecule has 1 aliphatic heterocycles. The zero-order valence-corrected chi connectivity index (χ0v) is 16.7. The maximum absolute atomic E-state index is 12.5. The summed E-state index contributed by atoms with van der Waals surface area (Å²) in [4.78, 5) is 14.0. The summed E-state index contributed by atoms with van der Waals surface area (Å²) in [6.45, 7) is 3.20. The molecule has 0 atom stereocenters. The second-order valence-corrected chi connectivity index (χ2v) is 9.31. The van der Waals surface area contributed by atoms with Crippen LogP contribution in [0.5, 0.6) is 0 Å². The van der Waals surface area contributed by atoms with Crippen LogP contribution in [0.2, 0.25) is 0 Å². The first-order valence-electron chi connectivity index (χ1n) is 8.69. The lowest BCUT2D eigenvalue weighted by molar-refractivity contribution is 0.0754. The maximum Gasteiger partial charge on any atom is 0.311 e. The molecular weight excluding hydrogens is 404 g/mol. The number of hydrogen-bond donors (Lipinski definition) is 1. The number of carbonyl (C=O) groups excluding carboxylic acids is 1. The van der Waals surface area contributed by atoms with Gasteiger partial charge in [0.25, 0.3) is 0 Å². The van der Waals surface area contributed by atoms with E-state index in [4.69, 9.17) is 8.83 Å². The van der Waals surface area contributed by atoms with Crippen molar-refractivity contribution >= 4 is 27.3 Å². The summed E-state index contributed by atoms with van der Waals surface area (Å²) in [7, 11) is -3.72. The van der Waals surface area contributed by atoms with Crippen molar-refractivity contribution < 1.29 is 22.0 Å². The minimum Gasteiger partial charge on any atom is -0.465 e. The molecule has 1 saturated heterocycles. The number of likely N-dealkylation sites (tertiary alicyclic amines) is 1. The van der Waals surface area contributed by atoms with Gasteiger partial charge < -0.3 is 13.7 Å². The van der Waals surface area contributed by atoms with Crippen LogP contribution < -0.4 is 4.72 Å². The quantitative estimate of drug-likeness (QED) is 0.648. The maximum atomic E-state index is 12.5. The van der Waals surface area contributed by atoms with Crippen molar-refractivity contribution in [3.05, 3.63) is 41.0 Å². The average Bonchev–Trinajstić information content (AvgIpc) is 3.46. The first-order valence-corrected chi connectivity index (χ1v) is 11.1. The van der Waals surface area contributed by atoms with Gasteiger partial charge in [-0.2, -0.15) is 0 Å². The lowest BCUT2D eigenvalue weighted by Gasteiger charge is -2.11. The molecule has 28 heavy (non-hydrogen) atoms. The van der Waals surface area contributed by atoms with Crippen molar-refractivity contribution in [3.8, 4) is 11.5 Å². The number of sulfonamides is 1. The smallest absolute Gasteiger partial charge is 0.311 e. The van der Waals surface area contributed by atoms with Gasteiger partial charge in [0.1, 0.15) is 15.7 Å². The molecule has 0 spiro atoms. The molecule has 0 aliphatic carbocycles. The lowest BCUT2D eigenvalue weighted by Crippen LogP contribution is -2.27. The summed E-state index contributed by atoms with van der Waals surface area (Å²) in [6.07, 6.45) is 1.92. The minimum absolute atomic E-state index is 0.0540. The number of nitrogens with one attached hydrogen (secondary N) is 1. The molecule has 0 saturated carbocycles. The molecule has 1 N–H and O–H groups in total. The summed E-state index contributed by atoms with van der Waals surface area (Å²) in [6, 6.07) is 4.93. The number of furan rings is 1. The van der Waals surface area contributed by atoms with Crippen molar-refractivity contribution in [1.82, 2.24) is 19.8 Å². The van der Waals surface area contributed by atoms with Crippen molar-refractivity contribution in [3.63, 3.8) is 0 Å². The molecule has 4 heterocycles. The van der Waals surface area contributed by atoms with Crippen LogP contribution in [0.25, 0.3) is 11.5 Å². The van der Waals surface area contributed by atoms with Crippen LogP contribution in [0.1, 0.15) is 35.0 Å². The summed E-state index contributed by atoms with van der Waals surface area (Å²) in [5, 5.41) is 9.29. The SMILES string of the molecule is Cc1ccc(CNS(=O)(=O)c2cc(-c3nnc(C(=O)N4CCCC4)o3)cs2)o1. The van der Waals surface area contributed by atoms with Gasteiger partial charge >= 0.3 is 11.8 Å². The number of carbonyl (C=O) groups is 1. The van der Waals surface area contributed by atoms with E-state index in [-0.39, 0.29) is 28.4 Å². The van der Waals surface area contributed by atoms with E-state index in [0.717, 1.165) is 24.2 Å². The van der Waals surface area contributed by atoms with Gasteiger partial charge in [-0.05, 0) is 38.0 Å². The standard InChI is InChI=1S/C17H18N4O5S2/c1-11-4-5-13(25-11)9-18-28(23,24)14-8-12(10-27-14)15-19-20-16(26-15)17(22)21-6-2-3-7-21/h4-5,8,10,18H,2-3,6-7,9H2,1H3. The molecule has 3 aromatic rings. The third-order valence-corrected chi connectivity index (χ3v) is 7.16. The first-order chi connectivity index (χ1) is 13.4. The molecule has 0 radical (unpaired) electrons. The third-order valence-electron chi connectivity index (χ3n) is 4.32. The Bertz CT molecular complexity index is 1090. The Kier molecular flexibility index (Phi) is 5.04. The largest absolute Gasteiger partial charge is 0.465 e. The molecule has 148 valence electrons. The Hall–Kier alpha value is -2.50. The number of aryl methyl sites for hydroxylation is 1. The zero-order valence-electron chi connectivity index (χ0n) is 15.0. The Morgan fingerprint density at radius 3 is 2.75 bits per heavy atom. The van der Waals surface area contributed by atoms with Crippen molar-refractivity contribution in [2.45, 2.75) is 30.5 Å². The number of thiophene rings is 1. The predicted octanol–water partition coefficient (Wildman–Crippen LogP) is 2.41. The number of hydrogen-bond acceptors (Lipinski definition) is 8. The van der Waals surface area contributed by atoms with E-state index in [2.05, 4.69) is 14.9 Å². The summed E-state index contributed by atoms with van der Waals surface area (Å²) >= 11 is 1.03. The van der Waals surface area contributed by atoms with Crippen LogP contribution in [-0.2, 0) is 16.6 Å². The van der Waals surface area contributed by atoms with E-state index in [1.807, 2.05) is 0 Å². The van der Waals surface area contributed by atoms with Crippen molar-refractivity contribution in [2.75, 3.05) is 13.1 Å². The molecule has 0 aromatic carbocycles. The number of amides is 1. The third kappa shape index (κ3) is 3.86. The van der Waals surface area contributed by atoms with Crippen molar-refractivity contribution in [1.29, 1.82) is 0 Å². The average molecular weight is 422 g/mol. The van der Waals surface area contributed by atoms with Gasteiger partial charge in [-0.1, -0.05) is 0 Å². The van der Waals surface area contributed by atoms with E-state index in [9.17, 15) is 13.2 Å². The van der Waals surface area contributed by atoms with Crippen LogP contribution in [-0.4, -0.2) is 42.5 Å². The molecule has 1 aliphatic rings. The van der Waals surface area contributed by atoms with Crippen LogP contribution in [0, 0.1) is 6.92 Å². The monoisotopic (exact) mass is 422 g/mol. The number of aromatic nitrogens is 2. The lowest BCUT2D eigenvalue weighted by atomic mass is 10.3. The number of nitrogens with zero attached hydrogens (tertiary/aromatic N) is 3. The van der Waals surface area contributed by atoms with Crippen LogP contribution in [0.4, 0.5) is 0 Å². The van der Waals surface area contributed by atoms with E-state index < -0.39 is 10.0 Å². The molecule has 1 amide bonds. The van der Waals surface area contributed by atoms with E-state index in [1.54, 1.807) is 29.3 Å². The summed E-state index contributed by atoms with van der Waals surface area (Å²) < 4.78 is 38.4. The Morgan fingerprint density at radius 1 is 1.25 bits per heavy atom. The zero-order chi connectivity index (χ0) is 19.7. The molecule has 1 fully saturated rings. The normalized spacial score (nSPS) is 14.7. The van der Waals surface area contributed by atoms with Gasteiger partial charge in [0.2, 0.25) is 15.9 Å². The highest BCUT2D eigenvalue weighted by molar-refractivity contribution is 7.91. The molecule has 9 nitrogen and oxygen atoms in total. The van der Waals surface area contributed by atoms with Gasteiger partial charge in [-0.25, -0.2) is 13.1 Å². The molecular formula is C17H18N4O5S2. The fourth-order valence-electron chi connectivity index (χ4n) is 2.87. The molecule has 11 heteroatoms. The van der Waals surface area contributed by atoms with Gasteiger partial charge in [0, 0.05) is 18.5 Å². The fourth-order valence-corrected chi connectivity index (χ4v) is 5.06. The summed E-state index contributed by atoms with van der Waals surface area (Å²) in [5.74, 6) is 0.971. The van der Waals surface area contributed by atoms with Crippen LogP contribution in [0.3, 0.4) is 0 Å². The Morgan fingerprint density at radius 2 is 2.04 bits per heavy atom. The minimum atomic E-state index is -3.72. The highest BCUT2D eigenvalue weighted by atomic mass is 32.2. The van der Waals surface area contributed by atoms with E-state index >= 15 is 0 Å². The van der Waals surface area contributed by atoms with Gasteiger partial charge in [0.05, 0.1) is 12.1 Å². The molecule has 0 bridgehead atoms. The summed E-state index contributed by atoms with van der Waals surface area (Å²) in [5.41, 5.74) is 0.451. The Labute approximate surface area is 165 Å².